The van der Waals surface area contributed by atoms with E-state index in [2.05, 4.69) is 0 Å². The molecule has 1 aliphatic heterocycles. The lowest BCUT2D eigenvalue weighted by atomic mass is 10.1. The molecule has 1 rings (SSSR count). The Morgan fingerprint density at radius 3 is 2.71 bits per heavy atom. The molecule has 1 fully saturated rings. The highest BCUT2D eigenvalue weighted by Gasteiger charge is 2.21. The minimum atomic E-state index is -2.95. The third-order valence-corrected chi connectivity index (χ3v) is 4.16. The van der Waals surface area contributed by atoms with Crippen LogP contribution in [0.5, 0.6) is 0 Å². The summed E-state index contributed by atoms with van der Waals surface area (Å²) in [5.41, 5.74) is 5.27. The average Bonchev–Trinajstić information content (AvgIpc) is 2.16. The van der Waals surface area contributed by atoms with Gasteiger partial charge in [0, 0.05) is 6.61 Å². The van der Waals surface area contributed by atoms with E-state index in [1.807, 2.05) is 0 Å². The lowest BCUT2D eigenvalue weighted by Crippen LogP contribution is -2.29. The molecule has 1 heterocycles. The quantitative estimate of drug-likeness (QED) is 0.726. The number of ether oxygens (including phenoxy) is 1. The Balaban J connectivity index is 2.33. The van der Waals surface area contributed by atoms with E-state index in [4.69, 9.17) is 10.5 Å². The third-order valence-electron chi connectivity index (χ3n) is 2.37. The van der Waals surface area contributed by atoms with Gasteiger partial charge in [-0.2, -0.15) is 0 Å². The fourth-order valence-electron chi connectivity index (χ4n) is 1.61. The molecule has 4 nitrogen and oxygen atoms in total. The number of nitrogens with two attached hydrogens (primary N) is 1. The molecule has 84 valence electrons. The first kappa shape index (κ1) is 11.9. The number of hydrogen-bond acceptors (Lipinski definition) is 4. The Bertz CT molecular complexity index is 245. The van der Waals surface area contributed by atoms with Gasteiger partial charge in [0.1, 0.15) is 0 Å². The van der Waals surface area contributed by atoms with Crippen LogP contribution in [0.2, 0.25) is 0 Å². The molecule has 5 heteroatoms. The third kappa shape index (κ3) is 4.39. The monoisotopic (exact) mass is 221 g/mol. The lowest BCUT2D eigenvalue weighted by molar-refractivity contribution is 0.0305. The van der Waals surface area contributed by atoms with Gasteiger partial charge >= 0.3 is 0 Å². The molecule has 0 bridgehead atoms. The molecule has 1 atom stereocenters. The molecule has 0 aliphatic carbocycles. The fraction of sp³-hybridized carbons (Fsp3) is 1.00. The van der Waals surface area contributed by atoms with Gasteiger partial charge in [0.25, 0.3) is 0 Å². The van der Waals surface area contributed by atoms with Gasteiger partial charge in [-0.25, -0.2) is 8.42 Å². The van der Waals surface area contributed by atoms with Crippen molar-refractivity contribution in [3.8, 4) is 0 Å². The molecule has 1 aliphatic rings. The van der Waals surface area contributed by atoms with Crippen LogP contribution >= 0.6 is 0 Å². The predicted molar refractivity (Wildman–Crippen MR) is 55.9 cm³/mol. The Morgan fingerprint density at radius 1 is 1.36 bits per heavy atom. The van der Waals surface area contributed by atoms with Gasteiger partial charge in [-0.1, -0.05) is 0 Å². The SMILES string of the molecule is NCCCS(=O)(=O)CC1CCCCO1. The first-order valence-corrected chi connectivity index (χ1v) is 6.98. The molecule has 0 radical (unpaired) electrons. The Morgan fingerprint density at radius 2 is 2.14 bits per heavy atom. The van der Waals surface area contributed by atoms with Gasteiger partial charge in [0.15, 0.2) is 9.84 Å². The Hall–Kier alpha value is -0.130. The van der Waals surface area contributed by atoms with Crippen molar-refractivity contribution in [2.24, 2.45) is 5.73 Å². The standard InChI is InChI=1S/C9H19NO3S/c10-5-3-7-14(11,12)8-9-4-1-2-6-13-9/h9H,1-8,10H2. The summed E-state index contributed by atoms with van der Waals surface area (Å²) < 4.78 is 28.4. The molecule has 0 amide bonds. The lowest BCUT2D eigenvalue weighted by Gasteiger charge is -2.22. The summed E-state index contributed by atoms with van der Waals surface area (Å²) >= 11 is 0. The maximum Gasteiger partial charge on any atom is 0.152 e. The summed E-state index contributed by atoms with van der Waals surface area (Å²) in [4.78, 5) is 0. The van der Waals surface area contributed by atoms with Crippen molar-refractivity contribution < 1.29 is 13.2 Å². The Kier molecular flexibility index (Phi) is 4.84. The van der Waals surface area contributed by atoms with Crippen LogP contribution in [-0.4, -0.2) is 39.2 Å². The second kappa shape index (κ2) is 5.68. The first-order valence-electron chi connectivity index (χ1n) is 5.16. The molecule has 0 saturated carbocycles. The summed E-state index contributed by atoms with van der Waals surface area (Å²) in [5, 5.41) is 0. The highest BCUT2D eigenvalue weighted by atomic mass is 32.2. The molecule has 2 N–H and O–H groups in total. The molecular weight excluding hydrogens is 202 g/mol. The van der Waals surface area contributed by atoms with E-state index < -0.39 is 9.84 Å². The van der Waals surface area contributed by atoms with Crippen LogP contribution in [0, 0.1) is 0 Å². The van der Waals surface area contributed by atoms with E-state index >= 15 is 0 Å². The molecular formula is C9H19NO3S. The molecule has 14 heavy (non-hydrogen) atoms. The molecule has 0 spiro atoms. The van der Waals surface area contributed by atoms with E-state index in [-0.39, 0.29) is 17.6 Å². The van der Waals surface area contributed by atoms with Crippen LogP contribution in [0.15, 0.2) is 0 Å². The van der Waals surface area contributed by atoms with Gasteiger partial charge in [0.2, 0.25) is 0 Å². The molecule has 0 aromatic carbocycles. The van der Waals surface area contributed by atoms with Crippen molar-refractivity contribution in [3.63, 3.8) is 0 Å². The largest absolute Gasteiger partial charge is 0.377 e. The number of hydrogen-bond donors (Lipinski definition) is 1. The van der Waals surface area contributed by atoms with Crippen LogP contribution in [-0.2, 0) is 14.6 Å². The van der Waals surface area contributed by atoms with E-state index in [9.17, 15) is 8.42 Å². The average molecular weight is 221 g/mol. The second-order valence-corrected chi connectivity index (χ2v) is 5.97. The van der Waals surface area contributed by atoms with Crippen molar-refractivity contribution in [1.82, 2.24) is 0 Å². The van der Waals surface area contributed by atoms with Crippen molar-refractivity contribution in [2.75, 3.05) is 24.7 Å². The first-order chi connectivity index (χ1) is 6.64. The van der Waals surface area contributed by atoms with E-state index in [1.165, 1.54) is 0 Å². The maximum atomic E-state index is 11.5. The molecule has 1 unspecified atom stereocenters. The fourth-order valence-corrected chi connectivity index (χ4v) is 3.21. The summed E-state index contributed by atoms with van der Waals surface area (Å²) in [6.45, 7) is 1.14. The molecule has 0 aromatic rings. The van der Waals surface area contributed by atoms with Crippen molar-refractivity contribution in [1.29, 1.82) is 0 Å². The summed E-state index contributed by atoms with van der Waals surface area (Å²) in [6.07, 6.45) is 3.49. The van der Waals surface area contributed by atoms with Crippen LogP contribution in [0.25, 0.3) is 0 Å². The molecule has 0 aromatic heterocycles. The number of rotatable bonds is 5. The molecule has 1 saturated heterocycles. The maximum absolute atomic E-state index is 11.5. The van der Waals surface area contributed by atoms with Gasteiger partial charge in [0.05, 0.1) is 17.6 Å². The smallest absolute Gasteiger partial charge is 0.152 e. The van der Waals surface area contributed by atoms with Crippen molar-refractivity contribution in [2.45, 2.75) is 31.8 Å². The van der Waals surface area contributed by atoms with E-state index in [0.29, 0.717) is 19.6 Å². The van der Waals surface area contributed by atoms with Crippen LogP contribution < -0.4 is 5.73 Å². The number of sulfone groups is 1. The second-order valence-electron chi connectivity index (χ2n) is 3.75. The Labute approximate surface area is 85.7 Å². The van der Waals surface area contributed by atoms with Crippen LogP contribution in [0.1, 0.15) is 25.7 Å². The highest BCUT2D eigenvalue weighted by molar-refractivity contribution is 7.91. The van der Waals surface area contributed by atoms with E-state index in [1.54, 1.807) is 0 Å². The zero-order valence-electron chi connectivity index (χ0n) is 8.44. The topological polar surface area (TPSA) is 69.4 Å². The van der Waals surface area contributed by atoms with Gasteiger partial charge in [-0.15, -0.1) is 0 Å². The van der Waals surface area contributed by atoms with Gasteiger partial charge in [-0.3, -0.25) is 0 Å². The van der Waals surface area contributed by atoms with E-state index in [0.717, 1.165) is 19.3 Å². The van der Waals surface area contributed by atoms with Crippen molar-refractivity contribution in [3.05, 3.63) is 0 Å². The van der Waals surface area contributed by atoms with Crippen LogP contribution in [0.3, 0.4) is 0 Å². The summed E-state index contributed by atoms with van der Waals surface area (Å²) in [7, 11) is -2.95. The predicted octanol–water partition coefficient (Wildman–Crippen LogP) is 0.319. The highest BCUT2D eigenvalue weighted by Crippen LogP contribution is 2.14. The normalized spacial score (nSPS) is 23.6. The van der Waals surface area contributed by atoms with Crippen LogP contribution in [0.4, 0.5) is 0 Å². The minimum absolute atomic E-state index is 0.0773. The summed E-state index contributed by atoms with van der Waals surface area (Å²) in [6, 6.07) is 0. The van der Waals surface area contributed by atoms with Gasteiger partial charge in [-0.05, 0) is 32.2 Å². The zero-order valence-corrected chi connectivity index (χ0v) is 9.26. The van der Waals surface area contributed by atoms with Gasteiger partial charge < -0.3 is 10.5 Å². The minimum Gasteiger partial charge on any atom is -0.377 e. The summed E-state index contributed by atoms with van der Waals surface area (Å²) in [5.74, 6) is 0.371. The zero-order chi connectivity index (χ0) is 10.4. The van der Waals surface area contributed by atoms with Crippen molar-refractivity contribution >= 4 is 9.84 Å².